The molecule has 6 nitrogen and oxygen atoms in total. The summed E-state index contributed by atoms with van der Waals surface area (Å²) in [6.45, 7) is 3.67. The van der Waals surface area contributed by atoms with Gasteiger partial charge in [-0.25, -0.2) is 0 Å². The van der Waals surface area contributed by atoms with Crippen molar-refractivity contribution in [3.63, 3.8) is 0 Å². The molecule has 2 heterocycles. The highest BCUT2D eigenvalue weighted by Gasteiger charge is 2.29. The molecule has 1 atom stereocenters. The molecule has 0 aliphatic heterocycles. The second-order valence-corrected chi connectivity index (χ2v) is 6.66. The molecule has 3 rings (SSSR count). The molecule has 3 aromatic rings. The normalized spacial score (nSPS) is 13.8. The Kier molecular flexibility index (Phi) is 4.64. The number of nitrogens with one attached hydrogen (secondary N) is 1. The second-order valence-electron chi connectivity index (χ2n) is 5.90. The van der Waals surface area contributed by atoms with Gasteiger partial charge in [-0.3, -0.25) is 4.79 Å². The van der Waals surface area contributed by atoms with Gasteiger partial charge in [-0.2, -0.15) is 0 Å². The number of carbonyl (C=O) groups excluding carboxylic acids is 1. The first kappa shape index (κ1) is 16.6. The lowest BCUT2D eigenvalue weighted by Crippen LogP contribution is -2.38. The maximum absolute atomic E-state index is 12.3. The Bertz CT molecular complexity index is 821. The Morgan fingerprint density at radius 3 is 2.96 bits per heavy atom. The van der Waals surface area contributed by atoms with E-state index in [1.54, 1.807) is 13.0 Å². The molecular formula is C17H19N3O3S. The first-order chi connectivity index (χ1) is 11.5. The van der Waals surface area contributed by atoms with E-state index < -0.39 is 5.60 Å². The number of carbonyl (C=O) groups is 1. The number of hydrogen-bond donors (Lipinski definition) is 2. The molecule has 1 aromatic carbocycles. The molecule has 2 aromatic heterocycles. The zero-order valence-electron chi connectivity index (χ0n) is 13.6. The van der Waals surface area contributed by atoms with Crippen LogP contribution in [0.1, 0.15) is 41.4 Å². The number of aromatic nitrogens is 2. The van der Waals surface area contributed by atoms with Crippen molar-refractivity contribution < 1.29 is 14.3 Å². The minimum absolute atomic E-state index is 0.0368. The fourth-order valence-corrected chi connectivity index (χ4v) is 3.07. The second kappa shape index (κ2) is 6.70. The topological polar surface area (TPSA) is 88.2 Å². The highest BCUT2D eigenvalue weighted by atomic mass is 32.1. The Morgan fingerprint density at radius 2 is 2.21 bits per heavy atom. The lowest BCUT2D eigenvalue weighted by atomic mass is 10.0. The molecule has 0 saturated heterocycles. The average molecular weight is 345 g/mol. The minimum atomic E-state index is -1.31. The van der Waals surface area contributed by atoms with Gasteiger partial charge in [-0.1, -0.05) is 36.0 Å². The van der Waals surface area contributed by atoms with E-state index in [0.717, 1.165) is 23.3 Å². The monoisotopic (exact) mass is 345 g/mol. The Labute approximate surface area is 143 Å². The summed E-state index contributed by atoms with van der Waals surface area (Å²) in [4.78, 5) is 12.8. The van der Waals surface area contributed by atoms with Crippen LogP contribution in [0.25, 0.3) is 11.0 Å². The van der Waals surface area contributed by atoms with Crippen LogP contribution in [0.5, 0.6) is 0 Å². The third-order valence-corrected chi connectivity index (χ3v) is 4.57. The quantitative estimate of drug-likeness (QED) is 0.717. The maximum Gasteiger partial charge on any atom is 0.265 e. The number of benzene rings is 1. The molecule has 0 saturated carbocycles. The van der Waals surface area contributed by atoms with Crippen LogP contribution in [-0.4, -0.2) is 27.1 Å². The number of fused-ring (bicyclic) bond motifs is 1. The average Bonchev–Trinajstić information content (AvgIpc) is 3.20. The highest BCUT2D eigenvalue weighted by molar-refractivity contribution is 7.08. The zero-order valence-corrected chi connectivity index (χ0v) is 14.4. The number of rotatable bonds is 6. The largest absolute Gasteiger partial charge is 0.458 e. The molecule has 2 N–H and O–H groups in total. The lowest BCUT2D eigenvalue weighted by Gasteiger charge is -2.21. The van der Waals surface area contributed by atoms with E-state index in [0.29, 0.717) is 28.3 Å². The number of amides is 1. The number of nitrogens with zero attached hydrogens (tertiary/aromatic N) is 2. The highest BCUT2D eigenvalue weighted by Crippen LogP contribution is 2.27. The fraction of sp³-hybridized carbons (Fsp3) is 0.353. The molecule has 0 bridgehead atoms. The van der Waals surface area contributed by atoms with Crippen molar-refractivity contribution in [1.82, 2.24) is 14.9 Å². The van der Waals surface area contributed by atoms with Crippen molar-refractivity contribution in [3.05, 3.63) is 46.7 Å². The third kappa shape index (κ3) is 3.32. The van der Waals surface area contributed by atoms with Gasteiger partial charge >= 0.3 is 0 Å². The van der Waals surface area contributed by atoms with Gasteiger partial charge in [-0.15, -0.1) is 5.10 Å². The van der Waals surface area contributed by atoms with Crippen molar-refractivity contribution >= 4 is 28.4 Å². The Hall–Kier alpha value is -2.25. The molecule has 0 fully saturated rings. The van der Waals surface area contributed by atoms with E-state index in [4.69, 9.17) is 4.42 Å². The van der Waals surface area contributed by atoms with Crippen LogP contribution in [-0.2, 0) is 12.0 Å². The molecule has 0 aliphatic rings. The van der Waals surface area contributed by atoms with Gasteiger partial charge < -0.3 is 14.8 Å². The van der Waals surface area contributed by atoms with E-state index in [-0.39, 0.29) is 12.5 Å². The molecule has 1 amide bonds. The van der Waals surface area contributed by atoms with Gasteiger partial charge in [0.2, 0.25) is 0 Å². The van der Waals surface area contributed by atoms with Crippen molar-refractivity contribution in [2.75, 3.05) is 6.54 Å². The summed E-state index contributed by atoms with van der Waals surface area (Å²) in [5.74, 6) is 0.144. The summed E-state index contributed by atoms with van der Waals surface area (Å²) in [5.41, 5.74) is 0.0944. The number of hydrogen-bond acceptors (Lipinski definition) is 6. The SMILES string of the molecule is CCCc1nnsc1C(=O)NC[C@](C)(O)c1cc2ccccc2o1. The van der Waals surface area contributed by atoms with E-state index >= 15 is 0 Å². The fourth-order valence-electron chi connectivity index (χ4n) is 2.45. The maximum atomic E-state index is 12.3. The van der Waals surface area contributed by atoms with Gasteiger partial charge in [0.25, 0.3) is 5.91 Å². The Balaban J connectivity index is 1.72. The summed E-state index contributed by atoms with van der Waals surface area (Å²) in [6.07, 6.45) is 1.60. The number of aryl methyl sites for hydroxylation is 1. The summed E-state index contributed by atoms with van der Waals surface area (Å²) in [7, 11) is 0. The van der Waals surface area contributed by atoms with Crippen molar-refractivity contribution in [2.24, 2.45) is 0 Å². The van der Waals surface area contributed by atoms with E-state index in [9.17, 15) is 9.90 Å². The van der Waals surface area contributed by atoms with Crippen molar-refractivity contribution in [2.45, 2.75) is 32.3 Å². The van der Waals surface area contributed by atoms with E-state index in [1.165, 1.54) is 0 Å². The number of furan rings is 1. The van der Waals surface area contributed by atoms with Crippen LogP contribution in [0.15, 0.2) is 34.7 Å². The van der Waals surface area contributed by atoms with Gasteiger partial charge in [0, 0.05) is 5.39 Å². The molecule has 0 spiro atoms. The molecule has 0 radical (unpaired) electrons. The Morgan fingerprint density at radius 1 is 1.42 bits per heavy atom. The van der Waals surface area contributed by atoms with Crippen LogP contribution < -0.4 is 5.32 Å². The van der Waals surface area contributed by atoms with Crippen LogP contribution in [0, 0.1) is 0 Å². The van der Waals surface area contributed by atoms with Crippen molar-refractivity contribution in [3.8, 4) is 0 Å². The minimum Gasteiger partial charge on any atom is -0.458 e. The lowest BCUT2D eigenvalue weighted by molar-refractivity contribution is 0.0345. The third-order valence-electron chi connectivity index (χ3n) is 3.80. The van der Waals surface area contributed by atoms with Crippen LogP contribution in [0.3, 0.4) is 0 Å². The van der Waals surface area contributed by atoms with Crippen molar-refractivity contribution in [1.29, 1.82) is 0 Å². The molecular weight excluding hydrogens is 326 g/mol. The summed E-state index contributed by atoms with van der Waals surface area (Å²) >= 11 is 1.07. The zero-order chi connectivity index (χ0) is 17.2. The predicted molar refractivity (Wildman–Crippen MR) is 92.0 cm³/mol. The number of para-hydroxylation sites is 1. The molecule has 24 heavy (non-hydrogen) atoms. The van der Waals surface area contributed by atoms with Crippen LogP contribution >= 0.6 is 11.5 Å². The predicted octanol–water partition coefficient (Wildman–Crippen LogP) is 2.87. The van der Waals surface area contributed by atoms with Gasteiger partial charge in [0.1, 0.15) is 21.8 Å². The standard InChI is InChI=1S/C17H19N3O3S/c1-3-6-12-15(24-20-19-12)16(21)18-10-17(2,22)14-9-11-7-4-5-8-13(11)23-14/h4-5,7-9,22H,3,6,10H2,1-2H3,(H,18,21)/t17-/m0/s1. The summed E-state index contributed by atoms with van der Waals surface area (Å²) < 4.78 is 9.54. The molecule has 126 valence electrons. The van der Waals surface area contributed by atoms with E-state index in [1.807, 2.05) is 31.2 Å². The van der Waals surface area contributed by atoms with Crippen LogP contribution in [0.2, 0.25) is 0 Å². The van der Waals surface area contributed by atoms with Crippen LogP contribution in [0.4, 0.5) is 0 Å². The summed E-state index contributed by atoms with van der Waals surface area (Å²) in [5, 5.41) is 18.3. The van der Waals surface area contributed by atoms with Gasteiger partial charge in [0.15, 0.2) is 0 Å². The van der Waals surface area contributed by atoms with Gasteiger partial charge in [0.05, 0.1) is 12.2 Å². The van der Waals surface area contributed by atoms with Gasteiger partial charge in [-0.05, 0) is 37.0 Å². The number of aliphatic hydroxyl groups is 1. The molecule has 0 aliphatic carbocycles. The first-order valence-corrected chi connectivity index (χ1v) is 8.59. The molecule has 7 heteroatoms. The smallest absolute Gasteiger partial charge is 0.265 e. The molecule has 0 unspecified atom stereocenters. The van der Waals surface area contributed by atoms with E-state index in [2.05, 4.69) is 14.9 Å². The first-order valence-electron chi connectivity index (χ1n) is 7.82. The summed E-state index contributed by atoms with van der Waals surface area (Å²) in [6, 6.07) is 9.32.